The van der Waals surface area contributed by atoms with Crippen LogP contribution in [0.3, 0.4) is 0 Å². The third-order valence-corrected chi connectivity index (χ3v) is 4.75. The Morgan fingerprint density at radius 2 is 1.79 bits per heavy atom. The van der Waals surface area contributed by atoms with Gasteiger partial charge in [-0.3, -0.25) is 4.79 Å². The van der Waals surface area contributed by atoms with E-state index >= 15 is 0 Å². The van der Waals surface area contributed by atoms with E-state index in [1.807, 2.05) is 20.8 Å². The fourth-order valence-electron chi connectivity index (χ4n) is 2.36. The number of hydrogen-bond donors (Lipinski definition) is 2. The van der Waals surface area contributed by atoms with E-state index in [2.05, 4.69) is 10.3 Å². The Balaban J connectivity index is 1.76. The highest BCUT2D eigenvalue weighted by Crippen LogP contribution is 2.11. The summed E-state index contributed by atoms with van der Waals surface area (Å²) in [6, 6.07) is 9.51. The second-order valence-corrected chi connectivity index (χ2v) is 8.95. The molecule has 1 aromatic carbocycles. The van der Waals surface area contributed by atoms with E-state index in [-0.39, 0.29) is 16.4 Å². The summed E-state index contributed by atoms with van der Waals surface area (Å²) in [5.41, 5.74) is 1.09. The standard InChI is InChI=1S/C20H27N3O5S/c1-20(2,3)28-13-12-27-18-9-6-16(14-23-18)19(24)22-11-10-15-4-7-17(8-5-15)29(21,25)26/h4-9,14H,10-13H2,1-3H3,(H,22,24)(H2,21,25,26). The molecule has 0 fully saturated rings. The first-order valence-electron chi connectivity index (χ1n) is 9.17. The molecule has 0 spiro atoms. The van der Waals surface area contributed by atoms with Gasteiger partial charge in [-0.2, -0.15) is 0 Å². The van der Waals surface area contributed by atoms with Crippen molar-refractivity contribution in [3.8, 4) is 5.88 Å². The molecule has 0 radical (unpaired) electrons. The van der Waals surface area contributed by atoms with Crippen molar-refractivity contribution >= 4 is 15.9 Å². The molecule has 3 N–H and O–H groups in total. The zero-order valence-corrected chi connectivity index (χ0v) is 17.7. The number of nitrogens with one attached hydrogen (secondary N) is 1. The number of pyridine rings is 1. The van der Waals surface area contributed by atoms with Gasteiger partial charge < -0.3 is 14.8 Å². The van der Waals surface area contributed by atoms with Crippen LogP contribution in [-0.4, -0.2) is 44.7 Å². The average molecular weight is 422 g/mol. The van der Waals surface area contributed by atoms with Crippen molar-refractivity contribution in [1.29, 1.82) is 0 Å². The molecule has 1 aromatic heterocycles. The second kappa shape index (κ2) is 9.82. The largest absolute Gasteiger partial charge is 0.475 e. The topological polar surface area (TPSA) is 121 Å². The van der Waals surface area contributed by atoms with Gasteiger partial charge >= 0.3 is 0 Å². The zero-order chi connectivity index (χ0) is 21.5. The fraction of sp³-hybridized carbons (Fsp3) is 0.400. The number of carbonyl (C=O) groups excluding carboxylic acids is 1. The average Bonchev–Trinajstić information content (AvgIpc) is 2.64. The summed E-state index contributed by atoms with van der Waals surface area (Å²) in [7, 11) is -3.70. The molecule has 0 saturated carbocycles. The van der Waals surface area contributed by atoms with Gasteiger partial charge in [0.05, 0.1) is 22.7 Å². The molecule has 29 heavy (non-hydrogen) atoms. The lowest BCUT2D eigenvalue weighted by molar-refractivity contribution is -0.0168. The highest BCUT2D eigenvalue weighted by Gasteiger charge is 2.10. The molecule has 2 aromatic rings. The molecule has 1 amide bonds. The predicted molar refractivity (Wildman–Crippen MR) is 109 cm³/mol. The smallest absolute Gasteiger partial charge is 0.252 e. The molecule has 9 heteroatoms. The third kappa shape index (κ3) is 8.18. The van der Waals surface area contributed by atoms with E-state index in [1.165, 1.54) is 18.3 Å². The Kier molecular flexibility index (Phi) is 7.72. The molecule has 0 aliphatic heterocycles. The molecule has 0 bridgehead atoms. The Morgan fingerprint density at radius 3 is 2.34 bits per heavy atom. The number of carbonyl (C=O) groups is 1. The summed E-state index contributed by atoms with van der Waals surface area (Å²) >= 11 is 0. The van der Waals surface area contributed by atoms with Gasteiger partial charge in [0.15, 0.2) is 0 Å². The van der Waals surface area contributed by atoms with E-state index in [4.69, 9.17) is 14.6 Å². The van der Waals surface area contributed by atoms with Gasteiger partial charge in [0.2, 0.25) is 15.9 Å². The van der Waals surface area contributed by atoms with Crippen LogP contribution >= 0.6 is 0 Å². The first-order valence-corrected chi connectivity index (χ1v) is 10.7. The van der Waals surface area contributed by atoms with Crippen molar-refractivity contribution in [2.45, 2.75) is 37.7 Å². The normalized spacial score (nSPS) is 11.9. The minimum atomic E-state index is -3.70. The molecular formula is C20H27N3O5S. The molecular weight excluding hydrogens is 394 g/mol. The molecule has 0 unspecified atom stereocenters. The number of nitrogens with zero attached hydrogens (tertiary/aromatic N) is 1. The van der Waals surface area contributed by atoms with Gasteiger partial charge in [0.25, 0.3) is 5.91 Å². The maximum absolute atomic E-state index is 12.2. The lowest BCUT2D eigenvalue weighted by Gasteiger charge is -2.19. The van der Waals surface area contributed by atoms with Crippen LogP contribution in [0.1, 0.15) is 36.7 Å². The minimum absolute atomic E-state index is 0.0589. The summed E-state index contributed by atoms with van der Waals surface area (Å²) in [5.74, 6) is 0.176. The number of ether oxygens (including phenoxy) is 2. The van der Waals surface area contributed by atoms with Crippen molar-refractivity contribution in [3.05, 3.63) is 53.7 Å². The number of sulfonamides is 1. The van der Waals surface area contributed by atoms with Gasteiger partial charge in [-0.25, -0.2) is 18.5 Å². The molecule has 0 aliphatic rings. The van der Waals surface area contributed by atoms with Crippen LogP contribution in [0.2, 0.25) is 0 Å². The lowest BCUT2D eigenvalue weighted by Crippen LogP contribution is -2.26. The van der Waals surface area contributed by atoms with Crippen LogP contribution in [0.4, 0.5) is 0 Å². The summed E-state index contributed by atoms with van der Waals surface area (Å²) in [6.07, 6.45) is 2.01. The van der Waals surface area contributed by atoms with Gasteiger partial charge in [-0.15, -0.1) is 0 Å². The van der Waals surface area contributed by atoms with E-state index < -0.39 is 10.0 Å². The molecule has 8 nitrogen and oxygen atoms in total. The minimum Gasteiger partial charge on any atom is -0.475 e. The van der Waals surface area contributed by atoms with Crippen LogP contribution in [0, 0.1) is 0 Å². The molecule has 1 heterocycles. The van der Waals surface area contributed by atoms with Gasteiger partial charge in [0.1, 0.15) is 6.61 Å². The molecule has 0 saturated heterocycles. The summed E-state index contributed by atoms with van der Waals surface area (Å²) in [5, 5.41) is 7.86. The zero-order valence-electron chi connectivity index (χ0n) is 16.8. The van der Waals surface area contributed by atoms with Crippen LogP contribution in [0.25, 0.3) is 0 Å². The second-order valence-electron chi connectivity index (χ2n) is 7.39. The maximum Gasteiger partial charge on any atom is 0.252 e. The summed E-state index contributed by atoms with van der Waals surface area (Å²) in [6.45, 7) is 7.14. The Bertz CT molecular complexity index is 905. The van der Waals surface area contributed by atoms with Gasteiger partial charge in [-0.1, -0.05) is 12.1 Å². The van der Waals surface area contributed by atoms with Crippen molar-refractivity contribution < 1.29 is 22.7 Å². The summed E-state index contributed by atoms with van der Waals surface area (Å²) in [4.78, 5) is 16.4. The van der Waals surface area contributed by atoms with Crippen LogP contribution in [0.5, 0.6) is 5.88 Å². The van der Waals surface area contributed by atoms with Crippen LogP contribution < -0.4 is 15.2 Å². The molecule has 158 valence electrons. The lowest BCUT2D eigenvalue weighted by atomic mass is 10.1. The first-order chi connectivity index (χ1) is 13.5. The molecule has 0 atom stereocenters. The Labute approximate surface area is 171 Å². The first kappa shape index (κ1) is 22.8. The van der Waals surface area contributed by atoms with Gasteiger partial charge in [-0.05, 0) is 51.0 Å². The van der Waals surface area contributed by atoms with E-state index in [9.17, 15) is 13.2 Å². The van der Waals surface area contributed by atoms with Gasteiger partial charge in [0, 0.05) is 18.8 Å². The van der Waals surface area contributed by atoms with Crippen molar-refractivity contribution in [2.24, 2.45) is 5.14 Å². The highest BCUT2D eigenvalue weighted by molar-refractivity contribution is 7.89. The fourth-order valence-corrected chi connectivity index (χ4v) is 2.88. The third-order valence-electron chi connectivity index (χ3n) is 3.82. The number of hydrogen-bond acceptors (Lipinski definition) is 6. The number of primary sulfonamides is 1. The predicted octanol–water partition coefficient (Wildman–Crippen LogP) is 1.90. The Hall–Kier alpha value is -2.49. The molecule has 0 aliphatic carbocycles. The number of rotatable bonds is 9. The summed E-state index contributed by atoms with van der Waals surface area (Å²) < 4.78 is 33.5. The maximum atomic E-state index is 12.2. The number of benzene rings is 1. The van der Waals surface area contributed by atoms with Crippen molar-refractivity contribution in [3.63, 3.8) is 0 Å². The Morgan fingerprint density at radius 1 is 1.10 bits per heavy atom. The quantitative estimate of drug-likeness (QED) is 0.597. The van der Waals surface area contributed by atoms with Crippen molar-refractivity contribution in [1.82, 2.24) is 10.3 Å². The van der Waals surface area contributed by atoms with Crippen molar-refractivity contribution in [2.75, 3.05) is 19.8 Å². The monoisotopic (exact) mass is 421 g/mol. The highest BCUT2D eigenvalue weighted by atomic mass is 32.2. The van der Waals surface area contributed by atoms with E-state index in [0.29, 0.717) is 37.6 Å². The number of amides is 1. The number of aromatic nitrogens is 1. The number of nitrogens with two attached hydrogens (primary N) is 1. The van der Waals surface area contributed by atoms with Crippen LogP contribution in [-0.2, 0) is 21.2 Å². The van der Waals surface area contributed by atoms with E-state index in [1.54, 1.807) is 24.3 Å². The SMILES string of the molecule is CC(C)(C)OCCOc1ccc(C(=O)NCCc2ccc(S(N)(=O)=O)cc2)cn1. The van der Waals surface area contributed by atoms with Crippen LogP contribution in [0.15, 0.2) is 47.5 Å². The van der Waals surface area contributed by atoms with E-state index in [0.717, 1.165) is 5.56 Å². The molecule has 2 rings (SSSR count).